The number of benzene rings is 1. The molecule has 0 saturated heterocycles. The van der Waals surface area contributed by atoms with E-state index in [2.05, 4.69) is 4.72 Å². The fourth-order valence-corrected chi connectivity index (χ4v) is 5.13. The van der Waals surface area contributed by atoms with Crippen LogP contribution < -0.4 is 14.2 Å². The molecule has 2 heterocycles. The van der Waals surface area contributed by atoms with E-state index in [0.29, 0.717) is 16.7 Å². The lowest BCUT2D eigenvalue weighted by Gasteiger charge is -2.13. The molecule has 2 aromatic rings. The summed E-state index contributed by atoms with van der Waals surface area (Å²) in [6.45, 7) is 4.53. The zero-order valence-electron chi connectivity index (χ0n) is 13.3. The summed E-state index contributed by atoms with van der Waals surface area (Å²) < 4.78 is 39.3. The topological polar surface area (TPSA) is 64.6 Å². The van der Waals surface area contributed by atoms with Crippen LogP contribution in [0.25, 0.3) is 0 Å². The van der Waals surface area contributed by atoms with Crippen molar-refractivity contribution < 1.29 is 17.9 Å². The molecule has 0 aliphatic carbocycles. The Bertz CT molecular complexity index is 848. The van der Waals surface area contributed by atoms with Crippen LogP contribution in [0.5, 0.6) is 11.5 Å². The number of halogens is 1. The van der Waals surface area contributed by atoms with Gasteiger partial charge in [0.2, 0.25) is 10.0 Å². The molecular formula is C16H18ClNO4S2. The number of ether oxygens (including phenoxy) is 2. The highest BCUT2D eigenvalue weighted by Gasteiger charge is 2.23. The molecule has 1 aliphatic heterocycles. The van der Waals surface area contributed by atoms with Crippen LogP contribution in [0.4, 0.5) is 0 Å². The molecule has 0 spiro atoms. The molecule has 1 N–H and O–H groups in total. The molecule has 24 heavy (non-hydrogen) atoms. The van der Waals surface area contributed by atoms with Crippen molar-refractivity contribution in [3.63, 3.8) is 0 Å². The van der Waals surface area contributed by atoms with Gasteiger partial charge in [0.25, 0.3) is 0 Å². The Balaban J connectivity index is 1.83. The van der Waals surface area contributed by atoms with Crippen molar-refractivity contribution in [2.24, 2.45) is 0 Å². The third-order valence-corrected chi connectivity index (χ3v) is 6.77. The van der Waals surface area contributed by atoms with Gasteiger partial charge in [-0.1, -0.05) is 11.6 Å². The fourth-order valence-electron chi connectivity index (χ4n) is 2.60. The lowest BCUT2D eigenvalue weighted by molar-refractivity contribution is 0.254. The molecule has 0 bridgehead atoms. The minimum atomic E-state index is -3.61. The molecule has 0 amide bonds. The number of thiophene rings is 1. The van der Waals surface area contributed by atoms with E-state index in [1.165, 1.54) is 6.07 Å². The van der Waals surface area contributed by atoms with Crippen LogP contribution in [0, 0.1) is 0 Å². The lowest BCUT2D eigenvalue weighted by atomic mass is 10.1. The standard InChI is InChI=1S/C16H18ClNO4S2/c1-3-21-13-7-11-6-10(2)22-14(11)8-12(13)9-18-24(19,20)16-5-4-15(17)23-16/h4-5,7-8,10,18H,3,6,9H2,1-2H3. The highest BCUT2D eigenvalue weighted by molar-refractivity contribution is 7.91. The van der Waals surface area contributed by atoms with Gasteiger partial charge in [-0.25, -0.2) is 13.1 Å². The fraction of sp³-hybridized carbons (Fsp3) is 0.375. The molecule has 1 aliphatic rings. The molecule has 1 aromatic carbocycles. The van der Waals surface area contributed by atoms with Crippen molar-refractivity contribution >= 4 is 33.0 Å². The summed E-state index contributed by atoms with van der Waals surface area (Å²) in [4.78, 5) is 0. The second-order valence-electron chi connectivity index (χ2n) is 5.52. The van der Waals surface area contributed by atoms with E-state index in [1.807, 2.05) is 26.0 Å². The van der Waals surface area contributed by atoms with Crippen LogP contribution in [0.15, 0.2) is 28.5 Å². The van der Waals surface area contributed by atoms with Crippen molar-refractivity contribution in [2.45, 2.75) is 37.1 Å². The monoisotopic (exact) mass is 387 g/mol. The Hall–Kier alpha value is -1.28. The molecule has 8 heteroatoms. The first-order chi connectivity index (χ1) is 11.4. The smallest absolute Gasteiger partial charge is 0.250 e. The van der Waals surface area contributed by atoms with Crippen molar-refractivity contribution in [2.75, 3.05) is 6.61 Å². The average Bonchev–Trinajstić information content (AvgIpc) is 3.10. The van der Waals surface area contributed by atoms with Crippen molar-refractivity contribution in [3.05, 3.63) is 39.7 Å². The first-order valence-electron chi connectivity index (χ1n) is 7.59. The first-order valence-corrected chi connectivity index (χ1v) is 10.3. The Morgan fingerprint density at radius 1 is 1.42 bits per heavy atom. The molecule has 1 unspecified atom stereocenters. The zero-order chi connectivity index (χ0) is 17.3. The molecule has 0 saturated carbocycles. The van der Waals surface area contributed by atoms with E-state index >= 15 is 0 Å². The predicted molar refractivity (Wildman–Crippen MR) is 94.8 cm³/mol. The quantitative estimate of drug-likeness (QED) is 0.822. The summed E-state index contributed by atoms with van der Waals surface area (Å²) in [7, 11) is -3.61. The molecule has 5 nitrogen and oxygen atoms in total. The maximum atomic E-state index is 12.3. The van der Waals surface area contributed by atoms with E-state index in [1.54, 1.807) is 6.07 Å². The second kappa shape index (κ2) is 6.92. The Labute approximate surface area is 150 Å². The largest absolute Gasteiger partial charge is 0.494 e. The van der Waals surface area contributed by atoms with Crippen LogP contribution >= 0.6 is 22.9 Å². The Morgan fingerprint density at radius 2 is 2.21 bits per heavy atom. The molecule has 0 radical (unpaired) electrons. The summed E-state index contributed by atoms with van der Waals surface area (Å²) in [5.74, 6) is 1.47. The van der Waals surface area contributed by atoms with E-state index < -0.39 is 10.0 Å². The van der Waals surface area contributed by atoms with E-state index in [4.69, 9.17) is 21.1 Å². The minimum Gasteiger partial charge on any atom is -0.494 e. The van der Waals surface area contributed by atoms with Gasteiger partial charge in [0.1, 0.15) is 21.8 Å². The van der Waals surface area contributed by atoms with Gasteiger partial charge in [0, 0.05) is 24.1 Å². The number of hydrogen-bond donors (Lipinski definition) is 1. The highest BCUT2D eigenvalue weighted by atomic mass is 35.5. The normalized spacial score (nSPS) is 16.7. The maximum absolute atomic E-state index is 12.3. The molecule has 3 rings (SSSR count). The van der Waals surface area contributed by atoms with Crippen molar-refractivity contribution in [1.29, 1.82) is 0 Å². The SMILES string of the molecule is CCOc1cc2c(cc1CNS(=O)(=O)c1ccc(Cl)s1)OC(C)C2. The molecule has 130 valence electrons. The van der Waals surface area contributed by atoms with Crippen LogP contribution in [-0.4, -0.2) is 21.1 Å². The Kier molecular flexibility index (Phi) is 5.05. The zero-order valence-corrected chi connectivity index (χ0v) is 15.7. The van der Waals surface area contributed by atoms with Gasteiger partial charge in [-0.3, -0.25) is 0 Å². The van der Waals surface area contributed by atoms with Crippen molar-refractivity contribution in [3.8, 4) is 11.5 Å². The van der Waals surface area contributed by atoms with E-state index in [-0.39, 0.29) is 16.9 Å². The van der Waals surface area contributed by atoms with Crippen molar-refractivity contribution in [1.82, 2.24) is 4.72 Å². The Morgan fingerprint density at radius 3 is 2.88 bits per heavy atom. The van der Waals surface area contributed by atoms with Crippen LogP contribution in [-0.2, 0) is 23.0 Å². The van der Waals surface area contributed by atoms with Gasteiger partial charge in [0.05, 0.1) is 10.9 Å². The van der Waals surface area contributed by atoms with E-state index in [0.717, 1.165) is 34.6 Å². The first kappa shape index (κ1) is 17.5. The van der Waals surface area contributed by atoms with Crippen LogP contribution in [0.2, 0.25) is 4.34 Å². The number of nitrogens with one attached hydrogen (secondary N) is 1. The summed E-state index contributed by atoms with van der Waals surface area (Å²) in [6.07, 6.45) is 0.949. The van der Waals surface area contributed by atoms with Gasteiger partial charge in [-0.15, -0.1) is 11.3 Å². The molecular weight excluding hydrogens is 370 g/mol. The highest BCUT2D eigenvalue weighted by Crippen LogP contribution is 2.35. The lowest BCUT2D eigenvalue weighted by Crippen LogP contribution is -2.22. The predicted octanol–water partition coefficient (Wildman–Crippen LogP) is 3.60. The van der Waals surface area contributed by atoms with Crippen LogP contribution in [0.3, 0.4) is 0 Å². The van der Waals surface area contributed by atoms with Crippen LogP contribution in [0.1, 0.15) is 25.0 Å². The van der Waals surface area contributed by atoms with Gasteiger partial charge in [0.15, 0.2) is 0 Å². The third-order valence-electron chi connectivity index (χ3n) is 3.65. The number of sulfonamides is 1. The molecule has 1 aromatic heterocycles. The summed E-state index contributed by atoms with van der Waals surface area (Å²) in [5.41, 5.74) is 1.83. The second-order valence-corrected chi connectivity index (χ2v) is 9.23. The number of rotatable bonds is 6. The summed E-state index contributed by atoms with van der Waals surface area (Å²) in [5, 5.41) is 0. The average molecular weight is 388 g/mol. The molecule has 1 atom stereocenters. The summed E-state index contributed by atoms with van der Waals surface area (Å²) in [6, 6.07) is 6.85. The third kappa shape index (κ3) is 3.69. The number of fused-ring (bicyclic) bond motifs is 1. The van der Waals surface area contributed by atoms with Gasteiger partial charge in [-0.2, -0.15) is 0 Å². The number of hydrogen-bond acceptors (Lipinski definition) is 5. The summed E-state index contributed by atoms with van der Waals surface area (Å²) >= 11 is 6.84. The van der Waals surface area contributed by atoms with Gasteiger partial charge < -0.3 is 9.47 Å². The van der Waals surface area contributed by atoms with Gasteiger partial charge in [-0.05, 0) is 38.1 Å². The van der Waals surface area contributed by atoms with Gasteiger partial charge >= 0.3 is 0 Å². The van der Waals surface area contributed by atoms with E-state index in [9.17, 15) is 8.42 Å². The molecule has 0 fully saturated rings. The maximum Gasteiger partial charge on any atom is 0.250 e. The minimum absolute atomic E-state index is 0.120.